The molecule has 1 fully saturated rings. The minimum absolute atomic E-state index is 0.0128. The maximum Gasteiger partial charge on any atom is 0.251 e. The SMILES string of the molecule is Cc1nc(C2CCN(C(=O)Cn3nc4ccccc4n3)CC2)cc(=O)[nH]1. The molecule has 0 saturated carbocycles. The maximum atomic E-state index is 12.6. The number of aromatic nitrogens is 5. The van der Waals surface area contributed by atoms with Crippen LogP contribution in [0.2, 0.25) is 0 Å². The molecule has 8 heteroatoms. The number of hydrogen-bond donors (Lipinski definition) is 1. The van der Waals surface area contributed by atoms with Crippen molar-refractivity contribution in [1.82, 2.24) is 29.9 Å². The molecule has 0 atom stereocenters. The third-order valence-electron chi connectivity index (χ3n) is 4.75. The largest absolute Gasteiger partial charge is 0.341 e. The molecule has 134 valence electrons. The first kappa shape index (κ1) is 16.4. The normalized spacial score (nSPS) is 15.5. The van der Waals surface area contributed by atoms with Crippen molar-refractivity contribution in [3.8, 4) is 0 Å². The Labute approximate surface area is 149 Å². The second-order valence-electron chi connectivity index (χ2n) is 6.63. The van der Waals surface area contributed by atoms with E-state index in [4.69, 9.17) is 0 Å². The van der Waals surface area contributed by atoms with Gasteiger partial charge in [0.05, 0.1) is 5.69 Å². The fraction of sp³-hybridized carbons (Fsp3) is 0.389. The van der Waals surface area contributed by atoms with E-state index in [0.717, 1.165) is 29.6 Å². The van der Waals surface area contributed by atoms with Crippen molar-refractivity contribution in [1.29, 1.82) is 0 Å². The summed E-state index contributed by atoms with van der Waals surface area (Å²) in [5.41, 5.74) is 2.27. The van der Waals surface area contributed by atoms with Crippen molar-refractivity contribution in [2.24, 2.45) is 0 Å². The Bertz CT molecular complexity index is 967. The Hall–Kier alpha value is -3.03. The minimum atomic E-state index is -0.122. The molecule has 4 rings (SSSR count). The molecule has 0 bridgehead atoms. The molecule has 26 heavy (non-hydrogen) atoms. The number of nitrogens with one attached hydrogen (secondary N) is 1. The topological polar surface area (TPSA) is 96.8 Å². The molecule has 1 amide bonds. The van der Waals surface area contributed by atoms with E-state index in [1.54, 1.807) is 13.0 Å². The maximum absolute atomic E-state index is 12.6. The summed E-state index contributed by atoms with van der Waals surface area (Å²) >= 11 is 0. The number of amides is 1. The monoisotopic (exact) mass is 352 g/mol. The molecule has 1 aliphatic heterocycles. The molecule has 1 N–H and O–H groups in total. The average Bonchev–Trinajstić information content (AvgIpc) is 3.03. The van der Waals surface area contributed by atoms with Crippen molar-refractivity contribution < 1.29 is 4.79 Å². The highest BCUT2D eigenvalue weighted by atomic mass is 16.2. The van der Waals surface area contributed by atoms with Gasteiger partial charge in [-0.2, -0.15) is 15.0 Å². The lowest BCUT2D eigenvalue weighted by atomic mass is 9.93. The first-order chi connectivity index (χ1) is 12.6. The summed E-state index contributed by atoms with van der Waals surface area (Å²) in [4.78, 5) is 34.6. The van der Waals surface area contributed by atoms with Gasteiger partial charge in [0.1, 0.15) is 23.4 Å². The lowest BCUT2D eigenvalue weighted by molar-refractivity contribution is -0.133. The predicted octanol–water partition coefficient (Wildman–Crippen LogP) is 1.23. The third kappa shape index (κ3) is 3.35. The predicted molar refractivity (Wildman–Crippen MR) is 95.7 cm³/mol. The summed E-state index contributed by atoms with van der Waals surface area (Å²) in [5.74, 6) is 0.854. The van der Waals surface area contributed by atoms with Crippen molar-refractivity contribution in [3.05, 3.63) is 52.2 Å². The van der Waals surface area contributed by atoms with Gasteiger partial charge in [0.25, 0.3) is 5.56 Å². The van der Waals surface area contributed by atoms with E-state index in [-0.39, 0.29) is 23.9 Å². The summed E-state index contributed by atoms with van der Waals surface area (Å²) in [6.45, 7) is 3.22. The van der Waals surface area contributed by atoms with Crippen LogP contribution in [-0.2, 0) is 11.3 Å². The summed E-state index contributed by atoms with van der Waals surface area (Å²) in [5, 5.41) is 8.68. The number of H-pyrrole nitrogens is 1. The molecule has 1 saturated heterocycles. The van der Waals surface area contributed by atoms with Crippen molar-refractivity contribution in [3.63, 3.8) is 0 Å². The van der Waals surface area contributed by atoms with E-state index in [9.17, 15) is 9.59 Å². The number of aromatic amines is 1. The molecule has 1 aliphatic rings. The molecule has 0 spiro atoms. The number of piperidine rings is 1. The second kappa shape index (κ2) is 6.70. The molecule has 0 radical (unpaired) electrons. The van der Waals surface area contributed by atoms with Crippen LogP contribution in [0.3, 0.4) is 0 Å². The van der Waals surface area contributed by atoms with Crippen LogP contribution in [0.25, 0.3) is 11.0 Å². The van der Waals surface area contributed by atoms with Gasteiger partial charge in [-0.25, -0.2) is 4.98 Å². The zero-order chi connectivity index (χ0) is 18.1. The molecule has 0 unspecified atom stereocenters. The summed E-state index contributed by atoms with van der Waals surface area (Å²) < 4.78 is 0. The van der Waals surface area contributed by atoms with Gasteiger partial charge in [0, 0.05) is 25.1 Å². The highest BCUT2D eigenvalue weighted by Gasteiger charge is 2.25. The van der Waals surface area contributed by atoms with Gasteiger partial charge in [-0.3, -0.25) is 9.59 Å². The smallest absolute Gasteiger partial charge is 0.251 e. The van der Waals surface area contributed by atoms with Crippen molar-refractivity contribution in [2.45, 2.75) is 32.2 Å². The summed E-state index contributed by atoms with van der Waals surface area (Å²) in [6.07, 6.45) is 1.60. The van der Waals surface area contributed by atoms with Gasteiger partial charge in [-0.05, 0) is 31.9 Å². The Morgan fingerprint density at radius 2 is 1.85 bits per heavy atom. The van der Waals surface area contributed by atoms with Gasteiger partial charge in [0.2, 0.25) is 5.91 Å². The van der Waals surface area contributed by atoms with Crippen LogP contribution in [0.1, 0.15) is 30.3 Å². The first-order valence-corrected chi connectivity index (χ1v) is 8.74. The Morgan fingerprint density at radius 3 is 2.46 bits per heavy atom. The minimum Gasteiger partial charge on any atom is -0.341 e. The van der Waals surface area contributed by atoms with Gasteiger partial charge < -0.3 is 9.88 Å². The fourth-order valence-electron chi connectivity index (χ4n) is 3.43. The van der Waals surface area contributed by atoms with Crippen molar-refractivity contribution in [2.75, 3.05) is 13.1 Å². The van der Waals surface area contributed by atoms with Crippen molar-refractivity contribution >= 4 is 16.9 Å². The number of fused-ring (bicyclic) bond motifs is 1. The highest BCUT2D eigenvalue weighted by Crippen LogP contribution is 2.26. The molecular formula is C18H20N6O2. The molecule has 8 nitrogen and oxygen atoms in total. The Morgan fingerprint density at radius 1 is 1.19 bits per heavy atom. The number of carbonyl (C=O) groups is 1. The quantitative estimate of drug-likeness (QED) is 0.765. The number of benzene rings is 1. The van der Waals surface area contributed by atoms with Gasteiger partial charge in [-0.15, -0.1) is 0 Å². The van der Waals surface area contributed by atoms with E-state index in [1.807, 2.05) is 29.2 Å². The number of likely N-dealkylation sites (tertiary alicyclic amines) is 1. The summed E-state index contributed by atoms with van der Waals surface area (Å²) in [6, 6.07) is 9.13. The van der Waals surface area contributed by atoms with Crippen LogP contribution in [0, 0.1) is 6.92 Å². The number of hydrogen-bond acceptors (Lipinski definition) is 5. The second-order valence-corrected chi connectivity index (χ2v) is 6.63. The van der Waals surface area contributed by atoms with Crippen LogP contribution in [0.5, 0.6) is 0 Å². The Kier molecular flexibility index (Phi) is 4.24. The van der Waals surface area contributed by atoms with Crippen LogP contribution in [0.4, 0.5) is 0 Å². The zero-order valence-corrected chi connectivity index (χ0v) is 14.6. The highest BCUT2D eigenvalue weighted by molar-refractivity contribution is 5.77. The van der Waals surface area contributed by atoms with Crippen LogP contribution in [-0.4, -0.2) is 48.9 Å². The molecule has 3 aromatic rings. The number of aryl methyl sites for hydroxylation is 1. The first-order valence-electron chi connectivity index (χ1n) is 8.74. The van der Waals surface area contributed by atoms with E-state index < -0.39 is 0 Å². The lowest BCUT2D eigenvalue weighted by Gasteiger charge is -2.31. The van der Waals surface area contributed by atoms with E-state index in [1.165, 1.54) is 4.80 Å². The lowest BCUT2D eigenvalue weighted by Crippen LogP contribution is -2.40. The molecule has 3 heterocycles. The number of carbonyl (C=O) groups excluding carboxylic acids is 1. The molecule has 1 aromatic carbocycles. The number of nitrogens with zero attached hydrogens (tertiary/aromatic N) is 5. The average molecular weight is 352 g/mol. The van der Waals surface area contributed by atoms with Gasteiger partial charge >= 0.3 is 0 Å². The van der Waals surface area contributed by atoms with Crippen LogP contribution >= 0.6 is 0 Å². The van der Waals surface area contributed by atoms with Gasteiger partial charge in [0.15, 0.2) is 0 Å². The Balaban J connectivity index is 1.39. The fourth-order valence-corrected chi connectivity index (χ4v) is 3.43. The number of rotatable bonds is 3. The zero-order valence-electron chi connectivity index (χ0n) is 14.6. The summed E-state index contributed by atoms with van der Waals surface area (Å²) in [7, 11) is 0. The van der Waals surface area contributed by atoms with Crippen LogP contribution < -0.4 is 5.56 Å². The van der Waals surface area contributed by atoms with Gasteiger partial charge in [-0.1, -0.05) is 12.1 Å². The standard InChI is InChI=1S/C18H20N6O2/c1-12-19-16(10-17(25)20-12)13-6-8-23(9-7-13)18(26)11-24-21-14-4-2-3-5-15(14)22-24/h2-5,10,13H,6-9,11H2,1H3,(H,19,20,25). The van der Waals surface area contributed by atoms with E-state index >= 15 is 0 Å². The molecular weight excluding hydrogens is 332 g/mol. The third-order valence-corrected chi connectivity index (χ3v) is 4.75. The van der Waals surface area contributed by atoms with Crippen LogP contribution in [0.15, 0.2) is 35.1 Å². The molecule has 0 aliphatic carbocycles. The van der Waals surface area contributed by atoms with E-state index in [2.05, 4.69) is 20.2 Å². The van der Waals surface area contributed by atoms with E-state index in [0.29, 0.717) is 18.9 Å². The molecule has 2 aromatic heterocycles.